The lowest BCUT2D eigenvalue weighted by atomic mass is 9.84. The standard InChI is InChI=1S/C21H28ClNO3S/c1-4-21(2,3)18(24)19(25)23-13-7-12-17(23)20(26)27-14-8-10-15-9-5-6-11-16(15)22/h5-6,9,11,17H,4,7-8,10,12-14H2,1-3H3/t17-/m0/s1. The summed E-state index contributed by atoms with van der Waals surface area (Å²) in [5, 5.41) is 0.737. The van der Waals surface area contributed by atoms with Gasteiger partial charge in [0.2, 0.25) is 10.9 Å². The van der Waals surface area contributed by atoms with E-state index in [0.717, 1.165) is 29.8 Å². The van der Waals surface area contributed by atoms with E-state index in [4.69, 9.17) is 11.6 Å². The lowest BCUT2D eigenvalue weighted by Gasteiger charge is -2.27. The van der Waals surface area contributed by atoms with Gasteiger partial charge in [-0.15, -0.1) is 0 Å². The van der Waals surface area contributed by atoms with Crippen molar-refractivity contribution >= 4 is 40.2 Å². The molecule has 0 radical (unpaired) electrons. The van der Waals surface area contributed by atoms with Crippen LogP contribution in [0.25, 0.3) is 0 Å². The van der Waals surface area contributed by atoms with E-state index in [1.54, 1.807) is 13.8 Å². The van der Waals surface area contributed by atoms with Gasteiger partial charge in [-0.05, 0) is 43.7 Å². The van der Waals surface area contributed by atoms with E-state index in [-0.39, 0.29) is 5.12 Å². The Morgan fingerprint density at radius 3 is 2.63 bits per heavy atom. The Labute approximate surface area is 171 Å². The van der Waals surface area contributed by atoms with Gasteiger partial charge in [0.25, 0.3) is 5.91 Å². The highest BCUT2D eigenvalue weighted by Crippen LogP contribution is 2.28. The van der Waals surface area contributed by atoms with Gasteiger partial charge in [-0.25, -0.2) is 0 Å². The molecule has 2 rings (SSSR count). The summed E-state index contributed by atoms with van der Waals surface area (Å²) in [5.74, 6) is -0.223. The van der Waals surface area contributed by atoms with Crippen molar-refractivity contribution in [1.82, 2.24) is 4.90 Å². The molecule has 1 fully saturated rings. The number of Topliss-reactive ketones (excluding diaryl/α,β-unsaturated/α-hetero) is 1. The number of likely N-dealkylation sites (tertiary alicyclic amines) is 1. The van der Waals surface area contributed by atoms with Crippen molar-refractivity contribution in [3.05, 3.63) is 34.9 Å². The van der Waals surface area contributed by atoms with Gasteiger partial charge < -0.3 is 4.90 Å². The van der Waals surface area contributed by atoms with Gasteiger partial charge in [-0.1, -0.05) is 62.3 Å². The second kappa shape index (κ2) is 9.74. The van der Waals surface area contributed by atoms with Crippen LogP contribution in [0.15, 0.2) is 24.3 Å². The summed E-state index contributed by atoms with van der Waals surface area (Å²) >= 11 is 7.41. The van der Waals surface area contributed by atoms with Gasteiger partial charge in [0, 0.05) is 22.7 Å². The van der Waals surface area contributed by atoms with Crippen molar-refractivity contribution in [2.24, 2.45) is 5.41 Å². The Bertz CT molecular complexity index is 704. The predicted molar refractivity (Wildman–Crippen MR) is 111 cm³/mol. The van der Waals surface area contributed by atoms with E-state index in [1.807, 2.05) is 31.2 Å². The highest BCUT2D eigenvalue weighted by Gasteiger charge is 2.40. The van der Waals surface area contributed by atoms with Crippen LogP contribution in [0.2, 0.25) is 5.02 Å². The smallest absolute Gasteiger partial charge is 0.291 e. The number of amides is 1. The zero-order valence-corrected chi connectivity index (χ0v) is 17.9. The Hall–Kier alpha value is -1.33. The van der Waals surface area contributed by atoms with Crippen LogP contribution in [0.1, 0.15) is 52.0 Å². The van der Waals surface area contributed by atoms with Crippen LogP contribution < -0.4 is 0 Å². The fourth-order valence-corrected chi connectivity index (χ4v) is 4.23. The van der Waals surface area contributed by atoms with Gasteiger partial charge in [0.05, 0.1) is 0 Å². The second-order valence-corrected chi connectivity index (χ2v) is 9.09. The van der Waals surface area contributed by atoms with Crippen LogP contribution in [-0.4, -0.2) is 40.0 Å². The summed E-state index contributed by atoms with van der Waals surface area (Å²) in [7, 11) is 0. The maximum atomic E-state index is 12.6. The first-order valence-electron chi connectivity index (χ1n) is 9.53. The molecule has 6 heteroatoms. The SMILES string of the molecule is CCC(C)(C)C(=O)C(=O)N1CCC[C@H]1C(=O)SCCCc1ccccc1Cl. The van der Waals surface area contributed by atoms with Gasteiger partial charge in [-0.3, -0.25) is 14.4 Å². The molecule has 0 saturated carbocycles. The molecule has 0 bridgehead atoms. The Morgan fingerprint density at radius 2 is 1.96 bits per heavy atom. The number of carbonyl (C=O) groups is 3. The van der Waals surface area contributed by atoms with E-state index in [1.165, 1.54) is 16.7 Å². The molecule has 1 saturated heterocycles. The summed E-state index contributed by atoms with van der Waals surface area (Å²) in [6, 6.07) is 7.24. The van der Waals surface area contributed by atoms with Crippen LogP contribution in [0, 0.1) is 5.41 Å². The number of carbonyl (C=O) groups excluding carboxylic acids is 3. The minimum absolute atomic E-state index is 0.0119. The molecule has 148 valence electrons. The highest BCUT2D eigenvalue weighted by molar-refractivity contribution is 8.13. The number of rotatable bonds is 8. The van der Waals surface area contributed by atoms with Gasteiger partial charge in [-0.2, -0.15) is 0 Å². The van der Waals surface area contributed by atoms with Gasteiger partial charge in [0.15, 0.2) is 0 Å². The van der Waals surface area contributed by atoms with Crippen LogP contribution in [0.4, 0.5) is 0 Å². The molecule has 0 aliphatic carbocycles. The number of benzene rings is 1. The van der Waals surface area contributed by atoms with Gasteiger partial charge in [0.1, 0.15) is 6.04 Å². The van der Waals surface area contributed by atoms with E-state index in [2.05, 4.69) is 0 Å². The third-order valence-electron chi connectivity index (χ3n) is 5.27. The number of hydrogen-bond acceptors (Lipinski definition) is 4. The first kappa shape index (κ1) is 22.0. The molecule has 0 N–H and O–H groups in total. The highest BCUT2D eigenvalue weighted by atomic mass is 35.5. The summed E-state index contributed by atoms with van der Waals surface area (Å²) in [6.45, 7) is 5.95. The van der Waals surface area contributed by atoms with E-state index < -0.39 is 23.1 Å². The van der Waals surface area contributed by atoms with Crippen LogP contribution in [0.5, 0.6) is 0 Å². The van der Waals surface area contributed by atoms with Crippen LogP contribution >= 0.6 is 23.4 Å². The molecule has 1 aromatic rings. The minimum atomic E-state index is -0.685. The molecule has 1 aliphatic rings. The van der Waals surface area contributed by atoms with Crippen molar-refractivity contribution in [3.63, 3.8) is 0 Å². The summed E-state index contributed by atoms with van der Waals surface area (Å²) in [5.41, 5.74) is 0.396. The van der Waals surface area contributed by atoms with Gasteiger partial charge >= 0.3 is 0 Å². The molecule has 1 amide bonds. The molecule has 4 nitrogen and oxygen atoms in total. The molecule has 0 aromatic heterocycles. The van der Waals surface area contributed by atoms with Crippen molar-refractivity contribution in [1.29, 1.82) is 0 Å². The number of nitrogens with zero attached hydrogens (tertiary/aromatic N) is 1. The molecule has 1 heterocycles. The van der Waals surface area contributed by atoms with E-state index in [9.17, 15) is 14.4 Å². The number of ketones is 1. The molecule has 0 spiro atoms. The lowest BCUT2D eigenvalue weighted by Crippen LogP contribution is -2.47. The lowest BCUT2D eigenvalue weighted by molar-refractivity contribution is -0.150. The van der Waals surface area contributed by atoms with Crippen LogP contribution in [0.3, 0.4) is 0 Å². The zero-order chi connectivity index (χ0) is 20.0. The maximum Gasteiger partial charge on any atom is 0.291 e. The van der Waals surface area contributed by atoms with Crippen molar-refractivity contribution in [3.8, 4) is 0 Å². The average Bonchev–Trinajstić information content (AvgIpc) is 3.15. The van der Waals surface area contributed by atoms with Crippen LogP contribution in [-0.2, 0) is 20.8 Å². The van der Waals surface area contributed by atoms with Crippen molar-refractivity contribution in [2.75, 3.05) is 12.3 Å². The van der Waals surface area contributed by atoms with Crippen molar-refractivity contribution < 1.29 is 14.4 Å². The molecule has 1 aliphatic heterocycles. The Kier molecular flexibility index (Phi) is 7.92. The van der Waals surface area contributed by atoms with Crippen molar-refractivity contribution in [2.45, 2.75) is 58.9 Å². The number of aryl methyl sites for hydroxylation is 1. The summed E-state index contributed by atoms with van der Waals surface area (Å²) in [6.07, 6.45) is 3.66. The minimum Gasteiger partial charge on any atom is -0.325 e. The summed E-state index contributed by atoms with van der Waals surface area (Å²) < 4.78 is 0. The fourth-order valence-electron chi connectivity index (χ4n) is 3.07. The predicted octanol–water partition coefficient (Wildman–Crippen LogP) is 4.53. The second-order valence-electron chi connectivity index (χ2n) is 7.59. The largest absolute Gasteiger partial charge is 0.325 e. The average molecular weight is 410 g/mol. The molecule has 1 atom stereocenters. The molecular weight excluding hydrogens is 382 g/mol. The Morgan fingerprint density at radius 1 is 1.26 bits per heavy atom. The number of halogens is 1. The third-order valence-corrected chi connectivity index (χ3v) is 6.69. The quantitative estimate of drug-likeness (QED) is 0.467. The number of hydrogen-bond donors (Lipinski definition) is 0. The topological polar surface area (TPSA) is 54.5 Å². The monoisotopic (exact) mass is 409 g/mol. The first-order chi connectivity index (χ1) is 12.8. The maximum absolute atomic E-state index is 12.6. The Balaban J connectivity index is 1.87. The normalized spacial score (nSPS) is 17.2. The van der Waals surface area contributed by atoms with E-state index in [0.29, 0.717) is 25.1 Å². The molecule has 0 unspecified atom stereocenters. The third kappa shape index (κ3) is 5.58. The number of thioether (sulfide) groups is 1. The van der Waals surface area contributed by atoms with E-state index >= 15 is 0 Å². The molecule has 27 heavy (non-hydrogen) atoms. The first-order valence-corrected chi connectivity index (χ1v) is 10.9. The fraction of sp³-hybridized carbons (Fsp3) is 0.571. The molecular formula is C21H28ClNO3S. The summed E-state index contributed by atoms with van der Waals surface area (Å²) in [4.78, 5) is 39.2. The zero-order valence-electron chi connectivity index (χ0n) is 16.3. The molecule has 1 aromatic carbocycles.